The van der Waals surface area contributed by atoms with Crippen LogP contribution in [0.15, 0.2) is 53.4 Å². The minimum Gasteiger partial charge on any atom is -0.342 e. The van der Waals surface area contributed by atoms with Crippen molar-refractivity contribution in [3.63, 3.8) is 0 Å². The largest absolute Gasteiger partial charge is 0.342 e. The molecule has 1 heterocycles. The molecule has 2 aromatic carbocycles. The van der Waals surface area contributed by atoms with Gasteiger partial charge in [0.25, 0.3) is 0 Å². The molecule has 0 fully saturated rings. The lowest BCUT2D eigenvalue weighted by molar-refractivity contribution is 0.468. The molecule has 0 atom stereocenters. The Bertz CT molecular complexity index is 836. The van der Waals surface area contributed by atoms with E-state index in [4.69, 9.17) is 4.18 Å². The van der Waals surface area contributed by atoms with Crippen LogP contribution < -0.4 is 4.18 Å². The molecule has 1 aromatic heterocycles. The van der Waals surface area contributed by atoms with Gasteiger partial charge in [-0.05, 0) is 36.8 Å². The van der Waals surface area contributed by atoms with Crippen LogP contribution in [-0.2, 0) is 10.1 Å². The summed E-state index contributed by atoms with van der Waals surface area (Å²) in [5.74, 6) is 0. The average molecular weight is 288 g/mol. The summed E-state index contributed by atoms with van der Waals surface area (Å²) in [5.41, 5.74) is 2.23. The van der Waals surface area contributed by atoms with Crippen molar-refractivity contribution in [3.05, 3.63) is 54.1 Å². The molecule has 3 aromatic rings. The van der Waals surface area contributed by atoms with Gasteiger partial charge in [-0.15, -0.1) is 0 Å². The monoisotopic (exact) mass is 288 g/mol. The number of rotatable bonds is 3. The SMILES string of the molecule is Cc1cccc(S(=O)(=O)Oc2nc3ccccc3[nH]2)c1. The molecule has 0 radical (unpaired) electrons. The zero-order valence-electron chi connectivity index (χ0n) is 10.7. The van der Waals surface area contributed by atoms with Crippen molar-refractivity contribution in [2.24, 2.45) is 0 Å². The summed E-state index contributed by atoms with van der Waals surface area (Å²) < 4.78 is 29.3. The van der Waals surface area contributed by atoms with Gasteiger partial charge in [-0.2, -0.15) is 13.4 Å². The Balaban J connectivity index is 1.97. The van der Waals surface area contributed by atoms with E-state index in [9.17, 15) is 8.42 Å². The number of hydrogen-bond donors (Lipinski definition) is 1. The number of para-hydroxylation sites is 2. The highest BCUT2D eigenvalue weighted by molar-refractivity contribution is 7.87. The summed E-state index contributed by atoms with van der Waals surface area (Å²) in [6.45, 7) is 1.82. The molecule has 5 nitrogen and oxygen atoms in total. The van der Waals surface area contributed by atoms with Gasteiger partial charge in [0, 0.05) is 0 Å². The van der Waals surface area contributed by atoms with E-state index in [1.807, 2.05) is 25.1 Å². The molecular formula is C14H12N2O3S. The topological polar surface area (TPSA) is 72.1 Å². The summed E-state index contributed by atoms with van der Waals surface area (Å²) in [6, 6.07) is 13.7. The van der Waals surface area contributed by atoms with Crippen molar-refractivity contribution in [3.8, 4) is 6.01 Å². The van der Waals surface area contributed by atoms with Gasteiger partial charge in [0.1, 0.15) is 4.90 Å². The van der Waals surface area contributed by atoms with E-state index in [0.29, 0.717) is 5.52 Å². The molecule has 0 unspecified atom stereocenters. The van der Waals surface area contributed by atoms with Gasteiger partial charge in [0.15, 0.2) is 0 Å². The van der Waals surface area contributed by atoms with Gasteiger partial charge >= 0.3 is 16.1 Å². The molecular weight excluding hydrogens is 276 g/mol. The number of nitrogens with zero attached hydrogens (tertiary/aromatic N) is 1. The first-order valence-corrected chi connectivity index (χ1v) is 7.41. The van der Waals surface area contributed by atoms with E-state index < -0.39 is 10.1 Å². The smallest absolute Gasteiger partial charge is 0.341 e. The molecule has 0 spiro atoms. The van der Waals surface area contributed by atoms with Gasteiger partial charge in [0.2, 0.25) is 0 Å². The van der Waals surface area contributed by atoms with Crippen LogP contribution in [0, 0.1) is 6.92 Å². The predicted octanol–water partition coefficient (Wildman–Crippen LogP) is 2.64. The lowest BCUT2D eigenvalue weighted by Crippen LogP contribution is -2.10. The Morgan fingerprint density at radius 2 is 1.90 bits per heavy atom. The van der Waals surface area contributed by atoms with Gasteiger partial charge in [-0.3, -0.25) is 0 Å². The molecule has 0 aliphatic rings. The second-order valence-electron chi connectivity index (χ2n) is 4.41. The van der Waals surface area contributed by atoms with Crippen LogP contribution in [0.4, 0.5) is 0 Å². The van der Waals surface area contributed by atoms with Crippen LogP contribution in [0.2, 0.25) is 0 Å². The van der Waals surface area contributed by atoms with Gasteiger partial charge in [0.05, 0.1) is 11.0 Å². The van der Waals surface area contributed by atoms with E-state index in [0.717, 1.165) is 11.1 Å². The third kappa shape index (κ3) is 2.37. The minimum atomic E-state index is -3.88. The molecule has 0 saturated carbocycles. The van der Waals surface area contributed by atoms with E-state index in [2.05, 4.69) is 9.97 Å². The van der Waals surface area contributed by atoms with Crippen LogP contribution >= 0.6 is 0 Å². The number of H-pyrrole nitrogens is 1. The van der Waals surface area contributed by atoms with Crippen molar-refractivity contribution in [1.82, 2.24) is 9.97 Å². The molecule has 0 aliphatic carbocycles. The van der Waals surface area contributed by atoms with E-state index in [-0.39, 0.29) is 10.9 Å². The van der Waals surface area contributed by atoms with Gasteiger partial charge < -0.3 is 9.17 Å². The van der Waals surface area contributed by atoms with E-state index in [1.165, 1.54) is 6.07 Å². The van der Waals surface area contributed by atoms with Crippen LogP contribution in [0.1, 0.15) is 5.56 Å². The Morgan fingerprint density at radius 3 is 2.65 bits per heavy atom. The van der Waals surface area contributed by atoms with E-state index in [1.54, 1.807) is 24.3 Å². The number of fused-ring (bicyclic) bond motifs is 1. The molecule has 1 N–H and O–H groups in total. The first-order chi connectivity index (χ1) is 9.54. The highest BCUT2D eigenvalue weighted by Gasteiger charge is 2.18. The molecule has 102 valence electrons. The fourth-order valence-electron chi connectivity index (χ4n) is 1.89. The molecule has 20 heavy (non-hydrogen) atoms. The van der Waals surface area contributed by atoms with Crippen LogP contribution in [0.5, 0.6) is 6.01 Å². The zero-order chi connectivity index (χ0) is 14.2. The summed E-state index contributed by atoms with van der Waals surface area (Å²) >= 11 is 0. The summed E-state index contributed by atoms with van der Waals surface area (Å²) in [6.07, 6.45) is 0. The third-order valence-corrected chi connectivity index (χ3v) is 4.04. The van der Waals surface area contributed by atoms with Gasteiger partial charge in [-0.25, -0.2) is 0 Å². The number of imidazole rings is 1. The molecule has 0 amide bonds. The molecule has 0 bridgehead atoms. The predicted molar refractivity (Wildman–Crippen MR) is 75.1 cm³/mol. The second-order valence-corrected chi connectivity index (χ2v) is 5.96. The lowest BCUT2D eigenvalue weighted by atomic mass is 10.2. The normalized spacial score (nSPS) is 11.7. The van der Waals surface area contributed by atoms with Crippen LogP contribution in [-0.4, -0.2) is 18.4 Å². The number of aromatic amines is 1. The van der Waals surface area contributed by atoms with Gasteiger partial charge in [-0.1, -0.05) is 24.3 Å². The number of aryl methyl sites for hydroxylation is 1. The number of aromatic nitrogens is 2. The lowest BCUT2D eigenvalue weighted by Gasteiger charge is -2.04. The fourth-order valence-corrected chi connectivity index (χ4v) is 2.85. The summed E-state index contributed by atoms with van der Waals surface area (Å²) in [5, 5.41) is 0. The first-order valence-electron chi connectivity index (χ1n) is 6.00. The summed E-state index contributed by atoms with van der Waals surface area (Å²) in [7, 11) is -3.88. The van der Waals surface area contributed by atoms with Crippen molar-refractivity contribution in [2.75, 3.05) is 0 Å². The van der Waals surface area contributed by atoms with Crippen molar-refractivity contribution in [2.45, 2.75) is 11.8 Å². The first kappa shape index (κ1) is 12.7. The molecule has 6 heteroatoms. The van der Waals surface area contributed by atoms with E-state index >= 15 is 0 Å². The average Bonchev–Trinajstić information content (AvgIpc) is 2.80. The molecule has 3 rings (SSSR count). The third-order valence-electron chi connectivity index (χ3n) is 2.83. The van der Waals surface area contributed by atoms with Crippen LogP contribution in [0.25, 0.3) is 11.0 Å². The maximum absolute atomic E-state index is 12.1. The minimum absolute atomic E-state index is 0.0345. The Morgan fingerprint density at radius 1 is 1.10 bits per heavy atom. The number of benzene rings is 2. The Kier molecular flexibility index (Phi) is 2.94. The van der Waals surface area contributed by atoms with Crippen LogP contribution in [0.3, 0.4) is 0 Å². The molecule has 0 saturated heterocycles. The highest BCUT2D eigenvalue weighted by atomic mass is 32.2. The second kappa shape index (κ2) is 4.64. The Hall–Kier alpha value is -2.34. The number of hydrogen-bond acceptors (Lipinski definition) is 4. The van der Waals surface area contributed by atoms with Crippen molar-refractivity contribution in [1.29, 1.82) is 0 Å². The summed E-state index contributed by atoms with van der Waals surface area (Å²) in [4.78, 5) is 7.02. The quantitative estimate of drug-likeness (QED) is 0.752. The zero-order valence-corrected chi connectivity index (χ0v) is 11.5. The maximum Gasteiger partial charge on any atom is 0.341 e. The number of nitrogens with one attached hydrogen (secondary N) is 1. The highest BCUT2D eigenvalue weighted by Crippen LogP contribution is 2.20. The Labute approximate surface area is 116 Å². The standard InChI is InChI=1S/C14H12N2O3S/c1-10-5-4-6-11(9-10)20(17,18)19-14-15-12-7-2-3-8-13(12)16-14/h2-9H,1H3,(H,15,16). The molecule has 0 aliphatic heterocycles. The fraction of sp³-hybridized carbons (Fsp3) is 0.0714. The van der Waals surface area contributed by atoms with Crippen molar-refractivity contribution >= 4 is 21.2 Å². The maximum atomic E-state index is 12.1. The van der Waals surface area contributed by atoms with Crippen molar-refractivity contribution < 1.29 is 12.6 Å².